The van der Waals surface area contributed by atoms with Crippen LogP contribution in [0.5, 0.6) is 0 Å². The average molecular weight is 282 g/mol. The first kappa shape index (κ1) is 15.3. The van der Waals surface area contributed by atoms with E-state index in [2.05, 4.69) is 5.32 Å². The van der Waals surface area contributed by atoms with E-state index < -0.39 is 0 Å². The highest BCUT2D eigenvalue weighted by molar-refractivity contribution is 5.88. The molecule has 5 heteroatoms. The van der Waals surface area contributed by atoms with Crippen molar-refractivity contribution in [1.29, 1.82) is 0 Å². The van der Waals surface area contributed by atoms with Gasteiger partial charge in [-0.1, -0.05) is 6.42 Å². The smallest absolute Gasteiger partial charge is 0.242 e. The number of likely N-dealkylation sites (tertiary alicyclic amines) is 1. The second kappa shape index (κ2) is 6.57. The van der Waals surface area contributed by atoms with Crippen molar-refractivity contribution in [3.8, 4) is 0 Å². The largest absolute Gasteiger partial charge is 0.381 e. The Balaban J connectivity index is 1.80. The highest BCUT2D eigenvalue weighted by atomic mass is 16.5. The fraction of sp³-hybridized carbons (Fsp3) is 0.867. The molecule has 0 aromatic heterocycles. The second-order valence-corrected chi connectivity index (χ2v) is 6.08. The summed E-state index contributed by atoms with van der Waals surface area (Å²) in [4.78, 5) is 25.5. The Labute approximate surface area is 121 Å². The van der Waals surface area contributed by atoms with Crippen LogP contribution in [0.3, 0.4) is 0 Å². The van der Waals surface area contributed by atoms with E-state index in [1.807, 2.05) is 13.8 Å². The molecule has 0 aromatic carbocycles. The highest BCUT2D eigenvalue weighted by Gasteiger charge is 2.38. The molecule has 2 fully saturated rings. The Morgan fingerprint density at radius 3 is 2.70 bits per heavy atom. The zero-order chi connectivity index (χ0) is 14.6. The summed E-state index contributed by atoms with van der Waals surface area (Å²) in [6, 6.07) is -0.353. The molecule has 0 aromatic rings. The van der Waals surface area contributed by atoms with Gasteiger partial charge in [-0.3, -0.25) is 9.59 Å². The van der Waals surface area contributed by atoms with Crippen LogP contribution in [-0.4, -0.2) is 49.1 Å². The monoisotopic (exact) mass is 282 g/mol. The van der Waals surface area contributed by atoms with Gasteiger partial charge in [0.15, 0.2) is 0 Å². The number of nitrogens with zero attached hydrogens (tertiary/aromatic N) is 1. The number of carbonyl (C=O) groups excluding carboxylic acids is 2. The van der Waals surface area contributed by atoms with Crippen LogP contribution in [0.4, 0.5) is 0 Å². The molecule has 5 nitrogen and oxygen atoms in total. The van der Waals surface area contributed by atoms with Crippen LogP contribution >= 0.6 is 0 Å². The number of rotatable bonds is 7. The van der Waals surface area contributed by atoms with Crippen molar-refractivity contribution in [2.75, 3.05) is 26.3 Å². The summed E-state index contributed by atoms with van der Waals surface area (Å²) >= 11 is 0. The molecule has 1 heterocycles. The van der Waals surface area contributed by atoms with E-state index in [1.165, 1.54) is 6.42 Å². The standard InChI is InChI=1S/C15H26N2O3/c1-3-20-11-15(7-5-8-15)10-16-14(19)12(2)17-9-4-6-13(17)18/h12H,3-11H2,1-2H3,(H,16,19)/t12-/m0/s1. The second-order valence-electron chi connectivity index (χ2n) is 6.08. The third kappa shape index (κ3) is 3.32. The van der Waals surface area contributed by atoms with Crippen molar-refractivity contribution in [2.45, 2.75) is 52.0 Å². The molecule has 0 bridgehead atoms. The van der Waals surface area contributed by atoms with Gasteiger partial charge in [-0.2, -0.15) is 0 Å². The predicted molar refractivity (Wildman–Crippen MR) is 76.2 cm³/mol. The molecule has 2 rings (SSSR count). The zero-order valence-electron chi connectivity index (χ0n) is 12.6. The normalized spacial score (nSPS) is 22.5. The number of carbonyl (C=O) groups is 2. The molecule has 20 heavy (non-hydrogen) atoms. The molecule has 1 aliphatic heterocycles. The Morgan fingerprint density at radius 2 is 2.20 bits per heavy atom. The van der Waals surface area contributed by atoms with E-state index >= 15 is 0 Å². The van der Waals surface area contributed by atoms with Crippen LogP contribution < -0.4 is 5.32 Å². The third-order valence-electron chi connectivity index (χ3n) is 4.62. The summed E-state index contributed by atoms with van der Waals surface area (Å²) in [5.41, 5.74) is 0.125. The fourth-order valence-corrected chi connectivity index (χ4v) is 3.01. The molecule has 2 amide bonds. The van der Waals surface area contributed by atoms with Crippen LogP contribution in [0.25, 0.3) is 0 Å². The van der Waals surface area contributed by atoms with Crippen molar-refractivity contribution >= 4 is 11.8 Å². The summed E-state index contributed by atoms with van der Waals surface area (Å²) < 4.78 is 5.53. The third-order valence-corrected chi connectivity index (χ3v) is 4.62. The van der Waals surface area contributed by atoms with E-state index in [0.29, 0.717) is 26.1 Å². The minimum absolute atomic E-state index is 0.0389. The highest BCUT2D eigenvalue weighted by Crippen LogP contribution is 2.40. The van der Waals surface area contributed by atoms with Gasteiger partial charge < -0.3 is 15.0 Å². The van der Waals surface area contributed by atoms with Gasteiger partial charge in [-0.15, -0.1) is 0 Å². The summed E-state index contributed by atoms with van der Waals surface area (Å²) in [5, 5.41) is 3.02. The topological polar surface area (TPSA) is 58.6 Å². The maximum absolute atomic E-state index is 12.2. The molecule has 1 saturated heterocycles. The van der Waals surface area contributed by atoms with Crippen LogP contribution in [0.2, 0.25) is 0 Å². The molecule has 114 valence electrons. The number of ether oxygens (including phenoxy) is 1. The maximum Gasteiger partial charge on any atom is 0.242 e. The quantitative estimate of drug-likeness (QED) is 0.766. The molecular formula is C15H26N2O3. The lowest BCUT2D eigenvalue weighted by Crippen LogP contribution is -2.51. The Morgan fingerprint density at radius 1 is 1.45 bits per heavy atom. The first-order valence-corrected chi connectivity index (χ1v) is 7.73. The lowest BCUT2D eigenvalue weighted by molar-refractivity contribution is -0.137. The molecule has 0 radical (unpaired) electrons. The lowest BCUT2D eigenvalue weighted by atomic mass is 9.69. The Kier molecular flexibility index (Phi) is 5.02. The van der Waals surface area contributed by atoms with E-state index in [9.17, 15) is 9.59 Å². The van der Waals surface area contributed by atoms with Gasteiger partial charge in [0.2, 0.25) is 11.8 Å². The van der Waals surface area contributed by atoms with E-state index in [4.69, 9.17) is 4.74 Å². The summed E-state index contributed by atoms with van der Waals surface area (Å²) in [6.07, 6.45) is 4.88. The molecule has 0 unspecified atom stereocenters. The van der Waals surface area contributed by atoms with Crippen LogP contribution in [0.1, 0.15) is 46.0 Å². The Bertz CT molecular complexity index is 366. The van der Waals surface area contributed by atoms with Gasteiger partial charge in [0, 0.05) is 31.5 Å². The zero-order valence-corrected chi connectivity index (χ0v) is 12.6. The first-order chi connectivity index (χ1) is 9.58. The van der Waals surface area contributed by atoms with E-state index in [-0.39, 0.29) is 23.3 Å². The average Bonchev–Trinajstić information content (AvgIpc) is 2.82. The number of hydrogen-bond donors (Lipinski definition) is 1. The van der Waals surface area contributed by atoms with Gasteiger partial charge in [0.05, 0.1) is 6.61 Å². The summed E-state index contributed by atoms with van der Waals surface area (Å²) in [6.45, 7) is 6.62. The fourth-order valence-electron chi connectivity index (χ4n) is 3.01. The Hall–Kier alpha value is -1.10. The number of nitrogens with one attached hydrogen (secondary N) is 1. The van der Waals surface area contributed by atoms with Gasteiger partial charge in [-0.25, -0.2) is 0 Å². The minimum atomic E-state index is -0.353. The van der Waals surface area contributed by atoms with Gasteiger partial charge >= 0.3 is 0 Å². The van der Waals surface area contributed by atoms with Crippen molar-refractivity contribution < 1.29 is 14.3 Å². The first-order valence-electron chi connectivity index (χ1n) is 7.73. The minimum Gasteiger partial charge on any atom is -0.381 e. The predicted octanol–water partition coefficient (Wildman–Crippen LogP) is 1.32. The van der Waals surface area contributed by atoms with E-state index in [1.54, 1.807) is 4.90 Å². The summed E-state index contributed by atoms with van der Waals surface area (Å²) in [5.74, 6) is 0.0587. The molecular weight excluding hydrogens is 256 g/mol. The van der Waals surface area contributed by atoms with Crippen molar-refractivity contribution in [2.24, 2.45) is 5.41 Å². The van der Waals surface area contributed by atoms with Gasteiger partial charge in [0.25, 0.3) is 0 Å². The molecule has 1 atom stereocenters. The van der Waals surface area contributed by atoms with Gasteiger partial charge in [0.1, 0.15) is 6.04 Å². The van der Waals surface area contributed by atoms with E-state index in [0.717, 1.165) is 25.9 Å². The van der Waals surface area contributed by atoms with Gasteiger partial charge in [-0.05, 0) is 33.1 Å². The molecule has 2 aliphatic rings. The lowest BCUT2D eigenvalue weighted by Gasteiger charge is -2.42. The molecule has 1 N–H and O–H groups in total. The number of hydrogen-bond acceptors (Lipinski definition) is 3. The van der Waals surface area contributed by atoms with Crippen LogP contribution in [0, 0.1) is 5.41 Å². The van der Waals surface area contributed by atoms with Crippen LogP contribution in [-0.2, 0) is 14.3 Å². The van der Waals surface area contributed by atoms with Crippen LogP contribution in [0.15, 0.2) is 0 Å². The maximum atomic E-state index is 12.2. The van der Waals surface area contributed by atoms with Crippen molar-refractivity contribution in [3.05, 3.63) is 0 Å². The SMILES string of the molecule is CCOCC1(CNC(=O)[C@H](C)N2CCCC2=O)CCC1. The molecule has 1 saturated carbocycles. The van der Waals surface area contributed by atoms with Crippen molar-refractivity contribution in [1.82, 2.24) is 10.2 Å². The molecule has 1 aliphatic carbocycles. The van der Waals surface area contributed by atoms with Crippen molar-refractivity contribution in [3.63, 3.8) is 0 Å². The number of amides is 2. The molecule has 0 spiro atoms. The summed E-state index contributed by atoms with van der Waals surface area (Å²) in [7, 11) is 0.